The third-order valence-electron chi connectivity index (χ3n) is 3.49. The van der Waals surface area contributed by atoms with Crippen LogP contribution in [0.3, 0.4) is 0 Å². The Balaban J connectivity index is 2.17. The SMILES string of the molecule is CCOC(=O)[C@H]1CN(C)C[C@@H]1C(=O)c1ccccc1. The van der Waals surface area contributed by atoms with Crippen LogP contribution in [0.25, 0.3) is 0 Å². The number of hydrogen-bond donors (Lipinski definition) is 0. The molecular weight excluding hydrogens is 242 g/mol. The predicted molar refractivity (Wildman–Crippen MR) is 71.9 cm³/mol. The van der Waals surface area contributed by atoms with Crippen molar-refractivity contribution >= 4 is 11.8 Å². The summed E-state index contributed by atoms with van der Waals surface area (Å²) in [5, 5.41) is 0. The van der Waals surface area contributed by atoms with E-state index in [4.69, 9.17) is 4.74 Å². The van der Waals surface area contributed by atoms with Crippen molar-refractivity contribution in [2.45, 2.75) is 6.92 Å². The van der Waals surface area contributed by atoms with Gasteiger partial charge in [-0.25, -0.2) is 0 Å². The highest BCUT2D eigenvalue weighted by atomic mass is 16.5. The molecule has 4 heteroatoms. The fourth-order valence-corrected chi connectivity index (χ4v) is 2.57. The highest BCUT2D eigenvalue weighted by Gasteiger charge is 2.41. The van der Waals surface area contributed by atoms with E-state index in [2.05, 4.69) is 0 Å². The lowest BCUT2D eigenvalue weighted by atomic mass is 9.88. The predicted octanol–water partition coefficient (Wildman–Crippen LogP) is 1.61. The second-order valence-corrected chi connectivity index (χ2v) is 4.92. The minimum absolute atomic E-state index is 0.0306. The average molecular weight is 261 g/mol. The van der Waals surface area contributed by atoms with Crippen molar-refractivity contribution in [3.05, 3.63) is 35.9 Å². The Kier molecular flexibility index (Phi) is 4.32. The first-order valence-corrected chi connectivity index (χ1v) is 6.58. The molecule has 0 spiro atoms. The van der Waals surface area contributed by atoms with Crippen LogP contribution < -0.4 is 0 Å². The maximum absolute atomic E-state index is 12.5. The average Bonchev–Trinajstić information content (AvgIpc) is 2.81. The number of nitrogens with zero attached hydrogens (tertiary/aromatic N) is 1. The highest BCUT2D eigenvalue weighted by Crippen LogP contribution is 2.27. The van der Waals surface area contributed by atoms with Gasteiger partial charge in [0.25, 0.3) is 0 Å². The largest absolute Gasteiger partial charge is 0.466 e. The first-order chi connectivity index (χ1) is 9.13. The standard InChI is InChI=1S/C15H19NO3/c1-3-19-15(18)13-10-16(2)9-12(13)14(17)11-7-5-4-6-8-11/h4-8,12-13H,3,9-10H2,1-2H3/t12-,13-/m0/s1. The molecule has 1 aliphatic heterocycles. The Hall–Kier alpha value is -1.68. The van der Waals surface area contributed by atoms with Crippen LogP contribution in [0.1, 0.15) is 17.3 Å². The van der Waals surface area contributed by atoms with Gasteiger partial charge >= 0.3 is 5.97 Å². The Morgan fingerprint density at radius 3 is 2.47 bits per heavy atom. The van der Waals surface area contributed by atoms with Gasteiger partial charge in [0, 0.05) is 24.6 Å². The van der Waals surface area contributed by atoms with Gasteiger partial charge in [0.2, 0.25) is 0 Å². The Labute approximate surface area is 113 Å². The topological polar surface area (TPSA) is 46.6 Å². The van der Waals surface area contributed by atoms with E-state index in [0.29, 0.717) is 25.3 Å². The zero-order valence-electron chi connectivity index (χ0n) is 11.3. The number of ketones is 1. The normalized spacial score (nSPS) is 23.3. The first-order valence-electron chi connectivity index (χ1n) is 6.58. The van der Waals surface area contributed by atoms with E-state index in [1.807, 2.05) is 30.1 Å². The van der Waals surface area contributed by atoms with Gasteiger partial charge in [0.05, 0.1) is 12.5 Å². The zero-order chi connectivity index (χ0) is 13.8. The van der Waals surface area contributed by atoms with E-state index in [-0.39, 0.29) is 23.6 Å². The molecule has 4 nitrogen and oxygen atoms in total. The molecule has 0 radical (unpaired) electrons. The van der Waals surface area contributed by atoms with Gasteiger partial charge in [-0.1, -0.05) is 30.3 Å². The minimum atomic E-state index is -0.349. The molecule has 1 heterocycles. The fourth-order valence-electron chi connectivity index (χ4n) is 2.57. The van der Waals surface area contributed by atoms with Gasteiger partial charge < -0.3 is 9.64 Å². The molecule has 1 saturated heterocycles. The van der Waals surface area contributed by atoms with Crippen molar-refractivity contribution in [2.24, 2.45) is 11.8 Å². The number of rotatable bonds is 4. The van der Waals surface area contributed by atoms with Crippen LogP contribution in [0.2, 0.25) is 0 Å². The molecule has 0 N–H and O–H groups in total. The van der Waals surface area contributed by atoms with Gasteiger partial charge in [0.15, 0.2) is 5.78 Å². The molecule has 1 aliphatic rings. The Bertz CT molecular complexity index is 458. The van der Waals surface area contributed by atoms with Crippen LogP contribution in [0, 0.1) is 11.8 Å². The number of ether oxygens (including phenoxy) is 1. The molecule has 0 aromatic heterocycles. The summed E-state index contributed by atoms with van der Waals surface area (Å²) < 4.78 is 5.07. The van der Waals surface area contributed by atoms with E-state index in [1.165, 1.54) is 0 Å². The molecule has 1 aromatic carbocycles. The van der Waals surface area contributed by atoms with Gasteiger partial charge in [0.1, 0.15) is 0 Å². The van der Waals surface area contributed by atoms with Crippen molar-refractivity contribution in [2.75, 3.05) is 26.7 Å². The van der Waals surface area contributed by atoms with Crippen LogP contribution in [0.5, 0.6) is 0 Å². The molecule has 1 aromatic rings. The maximum atomic E-state index is 12.5. The van der Waals surface area contributed by atoms with Crippen LogP contribution in [0.15, 0.2) is 30.3 Å². The number of carbonyl (C=O) groups is 2. The van der Waals surface area contributed by atoms with Crippen LogP contribution in [-0.4, -0.2) is 43.4 Å². The lowest BCUT2D eigenvalue weighted by molar-refractivity contribution is -0.148. The molecule has 19 heavy (non-hydrogen) atoms. The van der Waals surface area contributed by atoms with Crippen molar-refractivity contribution < 1.29 is 14.3 Å². The summed E-state index contributed by atoms with van der Waals surface area (Å²) in [6.45, 7) is 3.33. The number of carbonyl (C=O) groups excluding carboxylic acids is 2. The molecule has 1 fully saturated rings. The van der Waals surface area contributed by atoms with E-state index >= 15 is 0 Å². The second kappa shape index (κ2) is 5.97. The van der Waals surface area contributed by atoms with Crippen molar-refractivity contribution in [1.29, 1.82) is 0 Å². The molecule has 0 saturated carbocycles. The fraction of sp³-hybridized carbons (Fsp3) is 0.467. The van der Waals surface area contributed by atoms with Gasteiger partial charge in [-0.05, 0) is 14.0 Å². The second-order valence-electron chi connectivity index (χ2n) is 4.92. The number of hydrogen-bond acceptors (Lipinski definition) is 4. The smallest absolute Gasteiger partial charge is 0.311 e. The van der Waals surface area contributed by atoms with Crippen LogP contribution in [0.4, 0.5) is 0 Å². The number of benzene rings is 1. The third kappa shape index (κ3) is 3.01. The van der Waals surface area contributed by atoms with Gasteiger partial charge in [-0.3, -0.25) is 9.59 Å². The number of likely N-dealkylation sites (tertiary alicyclic amines) is 1. The molecular formula is C15H19NO3. The van der Waals surface area contributed by atoms with Gasteiger partial charge in [-0.15, -0.1) is 0 Å². The summed E-state index contributed by atoms with van der Waals surface area (Å²) >= 11 is 0. The summed E-state index contributed by atoms with van der Waals surface area (Å²) in [4.78, 5) is 26.4. The lowest BCUT2D eigenvalue weighted by Gasteiger charge is -2.15. The third-order valence-corrected chi connectivity index (χ3v) is 3.49. The molecule has 2 rings (SSSR count). The molecule has 0 unspecified atom stereocenters. The molecule has 0 bridgehead atoms. The van der Waals surface area contributed by atoms with Crippen molar-refractivity contribution in [3.63, 3.8) is 0 Å². The highest BCUT2D eigenvalue weighted by molar-refractivity contribution is 6.00. The van der Waals surface area contributed by atoms with E-state index in [0.717, 1.165) is 0 Å². The Morgan fingerprint density at radius 1 is 1.21 bits per heavy atom. The monoisotopic (exact) mass is 261 g/mol. The van der Waals surface area contributed by atoms with E-state index in [1.54, 1.807) is 19.1 Å². The zero-order valence-corrected chi connectivity index (χ0v) is 11.3. The van der Waals surface area contributed by atoms with Crippen LogP contribution >= 0.6 is 0 Å². The van der Waals surface area contributed by atoms with Gasteiger partial charge in [-0.2, -0.15) is 0 Å². The quantitative estimate of drug-likeness (QED) is 0.610. The molecule has 0 aliphatic carbocycles. The maximum Gasteiger partial charge on any atom is 0.311 e. The molecule has 0 amide bonds. The summed E-state index contributed by atoms with van der Waals surface area (Å²) in [5.41, 5.74) is 0.664. The minimum Gasteiger partial charge on any atom is -0.466 e. The van der Waals surface area contributed by atoms with E-state index in [9.17, 15) is 9.59 Å². The van der Waals surface area contributed by atoms with Crippen LogP contribution in [-0.2, 0) is 9.53 Å². The Morgan fingerprint density at radius 2 is 1.84 bits per heavy atom. The first kappa shape index (κ1) is 13.7. The van der Waals surface area contributed by atoms with E-state index < -0.39 is 0 Å². The molecule has 102 valence electrons. The van der Waals surface area contributed by atoms with Crippen molar-refractivity contribution in [1.82, 2.24) is 4.90 Å². The van der Waals surface area contributed by atoms with Crippen molar-refractivity contribution in [3.8, 4) is 0 Å². The summed E-state index contributed by atoms with van der Waals surface area (Å²) in [6, 6.07) is 9.14. The number of Topliss-reactive ketones (excluding diaryl/α,β-unsaturated/α-hetero) is 1. The molecule has 2 atom stereocenters. The number of esters is 1. The summed E-state index contributed by atoms with van der Waals surface area (Å²) in [6.07, 6.45) is 0. The summed E-state index contributed by atoms with van der Waals surface area (Å²) in [5.74, 6) is -0.881. The lowest BCUT2D eigenvalue weighted by Crippen LogP contribution is -2.30. The summed E-state index contributed by atoms with van der Waals surface area (Å²) in [7, 11) is 1.92.